The fourth-order valence-electron chi connectivity index (χ4n) is 2.17. The van der Waals surface area contributed by atoms with E-state index in [0.29, 0.717) is 0 Å². The summed E-state index contributed by atoms with van der Waals surface area (Å²) in [6.45, 7) is -0.195. The number of nitrogens with zero attached hydrogens (tertiary/aromatic N) is 1. The first-order valence-electron chi connectivity index (χ1n) is 7.96. The highest BCUT2D eigenvalue weighted by atomic mass is 35.5. The molecule has 3 N–H and O–H groups in total. The molecule has 2 atom stereocenters. The second kappa shape index (κ2) is 9.86. The smallest absolute Gasteiger partial charge is 0.407 e. The van der Waals surface area contributed by atoms with Gasteiger partial charge in [-0.3, -0.25) is 0 Å². The summed E-state index contributed by atoms with van der Waals surface area (Å²) in [5.41, 5.74) is 0.917. The number of carbonyl (C=O) groups excluding carboxylic acids is 2. The monoisotopic (exact) mass is 394 g/mol. The summed E-state index contributed by atoms with van der Waals surface area (Å²) in [6.07, 6.45) is -2.29. The van der Waals surface area contributed by atoms with E-state index in [-0.39, 0.29) is 29.4 Å². The highest BCUT2D eigenvalue weighted by Crippen LogP contribution is 2.22. The molecule has 0 saturated carbocycles. The third-order valence-electron chi connectivity index (χ3n) is 3.64. The molecule has 0 radical (unpaired) electrons. The van der Waals surface area contributed by atoms with Crippen LogP contribution in [0.2, 0.25) is 5.15 Å². The molecule has 2 aromatic rings. The molecule has 0 bridgehead atoms. The van der Waals surface area contributed by atoms with Gasteiger partial charge in [0, 0.05) is 18.3 Å². The van der Waals surface area contributed by atoms with Gasteiger partial charge >= 0.3 is 12.1 Å². The van der Waals surface area contributed by atoms with Gasteiger partial charge in [-0.2, -0.15) is 0 Å². The van der Waals surface area contributed by atoms with Gasteiger partial charge in [-0.1, -0.05) is 41.9 Å². The average molecular weight is 395 g/mol. The van der Waals surface area contributed by atoms with Crippen molar-refractivity contribution in [2.75, 3.05) is 13.7 Å². The molecule has 2 unspecified atom stereocenters. The number of nitrogens with one attached hydrogen (secondary N) is 1. The van der Waals surface area contributed by atoms with Crippen LogP contribution in [0.5, 0.6) is 0 Å². The summed E-state index contributed by atoms with van der Waals surface area (Å²) in [5.74, 6) is -0.723. The molecular weight excluding hydrogens is 376 g/mol. The summed E-state index contributed by atoms with van der Waals surface area (Å²) < 4.78 is 9.58. The van der Waals surface area contributed by atoms with E-state index < -0.39 is 24.3 Å². The summed E-state index contributed by atoms with van der Waals surface area (Å²) >= 11 is 5.81. The lowest BCUT2D eigenvalue weighted by atomic mass is 10.0. The number of aliphatic hydroxyl groups excluding tert-OH is 2. The zero-order valence-corrected chi connectivity index (χ0v) is 15.2. The average Bonchev–Trinajstić information content (AvgIpc) is 2.70. The van der Waals surface area contributed by atoms with Crippen molar-refractivity contribution in [3.05, 3.63) is 64.4 Å². The zero-order valence-electron chi connectivity index (χ0n) is 14.5. The zero-order chi connectivity index (χ0) is 19.8. The van der Waals surface area contributed by atoms with E-state index in [1.54, 1.807) is 12.1 Å². The minimum absolute atomic E-state index is 0.0434. The van der Waals surface area contributed by atoms with E-state index in [9.17, 15) is 19.8 Å². The largest absolute Gasteiger partial charge is 0.465 e. The molecule has 2 rings (SSSR count). The van der Waals surface area contributed by atoms with Crippen molar-refractivity contribution >= 4 is 23.7 Å². The van der Waals surface area contributed by atoms with E-state index in [0.717, 1.165) is 5.56 Å². The van der Waals surface area contributed by atoms with Crippen LogP contribution in [0.25, 0.3) is 0 Å². The summed E-state index contributed by atoms with van der Waals surface area (Å²) in [6, 6.07) is 10.4. The Morgan fingerprint density at radius 2 is 1.96 bits per heavy atom. The molecule has 1 amide bonds. The second-order valence-electron chi connectivity index (χ2n) is 5.55. The van der Waals surface area contributed by atoms with Crippen LogP contribution in [0, 0.1) is 0 Å². The Labute approximate surface area is 160 Å². The van der Waals surface area contributed by atoms with Gasteiger partial charge in [0.25, 0.3) is 0 Å². The lowest BCUT2D eigenvalue weighted by Crippen LogP contribution is -2.35. The fraction of sp³-hybridized carbons (Fsp3) is 0.278. The standard InChI is InChI=1S/C18H19ClN2O6/c1-26-17(24)13-7-12(8-20-16(13)19)15(23)14(22)9-21-18(25)27-10-11-5-3-2-4-6-11/h2-8,14-15,22-23H,9-10H2,1H3,(H,21,25). The van der Waals surface area contributed by atoms with Crippen molar-refractivity contribution in [2.45, 2.75) is 18.8 Å². The SMILES string of the molecule is COC(=O)c1cc(C(O)C(O)CNC(=O)OCc2ccccc2)cnc1Cl. The van der Waals surface area contributed by atoms with Gasteiger partial charge in [0.05, 0.1) is 12.7 Å². The molecule has 9 heteroatoms. The van der Waals surface area contributed by atoms with Crippen molar-refractivity contribution in [1.82, 2.24) is 10.3 Å². The van der Waals surface area contributed by atoms with Crippen LogP contribution >= 0.6 is 11.6 Å². The van der Waals surface area contributed by atoms with E-state index >= 15 is 0 Å². The number of hydrogen-bond donors (Lipinski definition) is 3. The van der Waals surface area contributed by atoms with Gasteiger partial charge in [0.15, 0.2) is 0 Å². The van der Waals surface area contributed by atoms with Crippen molar-refractivity contribution in [3.63, 3.8) is 0 Å². The van der Waals surface area contributed by atoms with Crippen LogP contribution in [0.1, 0.15) is 27.6 Å². The van der Waals surface area contributed by atoms with Crippen molar-refractivity contribution in [1.29, 1.82) is 0 Å². The topological polar surface area (TPSA) is 118 Å². The first-order chi connectivity index (χ1) is 12.9. The molecule has 0 aliphatic rings. The summed E-state index contributed by atoms with van der Waals surface area (Å²) in [4.78, 5) is 27.1. The molecular formula is C18H19ClN2O6. The number of aromatic nitrogens is 1. The molecule has 0 fully saturated rings. The molecule has 0 saturated heterocycles. The highest BCUT2D eigenvalue weighted by Gasteiger charge is 2.22. The summed E-state index contributed by atoms with van der Waals surface area (Å²) in [7, 11) is 1.18. The molecule has 1 aromatic heterocycles. The van der Waals surface area contributed by atoms with Crippen molar-refractivity contribution < 1.29 is 29.3 Å². The van der Waals surface area contributed by atoms with Gasteiger partial charge in [0.1, 0.15) is 24.0 Å². The second-order valence-corrected chi connectivity index (χ2v) is 5.91. The van der Waals surface area contributed by atoms with Crippen molar-refractivity contribution in [2.24, 2.45) is 0 Å². The van der Waals surface area contributed by atoms with Gasteiger partial charge < -0.3 is 25.0 Å². The number of ether oxygens (including phenoxy) is 2. The Hall–Kier alpha value is -2.68. The van der Waals surface area contributed by atoms with E-state index in [1.807, 2.05) is 18.2 Å². The quantitative estimate of drug-likeness (QED) is 0.484. The highest BCUT2D eigenvalue weighted by molar-refractivity contribution is 6.32. The third-order valence-corrected chi connectivity index (χ3v) is 3.94. The Balaban J connectivity index is 1.88. The van der Waals surface area contributed by atoms with Crippen LogP contribution < -0.4 is 5.32 Å². The Kier molecular flexibility index (Phi) is 7.54. The minimum atomic E-state index is -1.41. The number of carbonyl (C=O) groups is 2. The summed E-state index contributed by atoms with van der Waals surface area (Å²) in [5, 5.41) is 22.5. The maximum absolute atomic E-state index is 11.7. The molecule has 1 aromatic carbocycles. The Morgan fingerprint density at radius 1 is 1.26 bits per heavy atom. The fourth-order valence-corrected chi connectivity index (χ4v) is 2.36. The molecule has 27 heavy (non-hydrogen) atoms. The van der Waals surface area contributed by atoms with E-state index in [4.69, 9.17) is 16.3 Å². The third kappa shape index (κ3) is 5.92. The van der Waals surface area contributed by atoms with Crippen LogP contribution in [0.3, 0.4) is 0 Å². The number of alkyl carbamates (subject to hydrolysis) is 1. The Bertz CT molecular complexity index is 787. The molecule has 1 heterocycles. The predicted octanol–water partition coefficient (Wildman–Crippen LogP) is 1.84. The number of rotatable bonds is 7. The van der Waals surface area contributed by atoms with Gasteiger partial charge in [-0.25, -0.2) is 14.6 Å². The molecule has 0 aliphatic carbocycles. The van der Waals surface area contributed by atoms with Crippen LogP contribution in [0.15, 0.2) is 42.6 Å². The maximum Gasteiger partial charge on any atom is 0.407 e. The molecule has 0 aliphatic heterocycles. The molecule has 8 nitrogen and oxygen atoms in total. The number of aliphatic hydroxyl groups is 2. The van der Waals surface area contributed by atoms with Crippen LogP contribution in [0.4, 0.5) is 4.79 Å². The maximum atomic E-state index is 11.7. The first kappa shape index (κ1) is 20.6. The van der Waals surface area contributed by atoms with E-state index in [2.05, 4.69) is 15.0 Å². The first-order valence-corrected chi connectivity index (χ1v) is 8.34. The number of pyridine rings is 1. The van der Waals surface area contributed by atoms with Gasteiger partial charge in [-0.05, 0) is 11.6 Å². The Morgan fingerprint density at radius 3 is 2.63 bits per heavy atom. The van der Waals surface area contributed by atoms with Gasteiger partial charge in [0.2, 0.25) is 0 Å². The number of amides is 1. The van der Waals surface area contributed by atoms with E-state index in [1.165, 1.54) is 19.4 Å². The number of methoxy groups -OCH3 is 1. The number of esters is 1. The number of halogens is 1. The number of benzene rings is 1. The van der Waals surface area contributed by atoms with Crippen LogP contribution in [-0.4, -0.2) is 47.0 Å². The lowest BCUT2D eigenvalue weighted by Gasteiger charge is -2.19. The normalized spacial score (nSPS) is 12.7. The van der Waals surface area contributed by atoms with Crippen LogP contribution in [-0.2, 0) is 16.1 Å². The predicted molar refractivity (Wildman–Crippen MR) is 96.2 cm³/mol. The van der Waals surface area contributed by atoms with Gasteiger partial charge in [-0.15, -0.1) is 0 Å². The lowest BCUT2D eigenvalue weighted by molar-refractivity contribution is 0.0181. The minimum Gasteiger partial charge on any atom is -0.465 e. The molecule has 144 valence electrons. The van der Waals surface area contributed by atoms with Crippen molar-refractivity contribution in [3.8, 4) is 0 Å². The number of hydrogen-bond acceptors (Lipinski definition) is 7. The molecule has 0 spiro atoms.